The van der Waals surface area contributed by atoms with Gasteiger partial charge in [0, 0.05) is 0 Å². The number of rotatable bonds is 5. The maximum absolute atomic E-state index is 5.56. The first kappa shape index (κ1) is 16.8. The first-order valence-corrected chi connectivity index (χ1v) is 8.63. The van der Waals surface area contributed by atoms with Gasteiger partial charge in [0.1, 0.15) is 0 Å². The summed E-state index contributed by atoms with van der Waals surface area (Å²) in [6.45, 7) is 25.8. The maximum atomic E-state index is 5.56. The Kier molecular flexibility index (Phi) is 15.5. The van der Waals surface area contributed by atoms with Crippen molar-refractivity contribution in [3.05, 3.63) is 0 Å². The second-order valence-corrected chi connectivity index (χ2v) is 6.59. The summed E-state index contributed by atoms with van der Waals surface area (Å²) in [7, 11) is -0.137. The molecule has 0 aliphatic heterocycles. The molecular weight excluding hydrogens is 302 g/mol. The standard InChI is InChI=1S/C2H5B11IS/c1-2-4-5-6-7-8-9-10-11-12-13-15(3)14/h2H2,1H3/q-1. The van der Waals surface area contributed by atoms with Crippen LogP contribution in [0.25, 0.3) is 0 Å². The van der Waals surface area contributed by atoms with Gasteiger partial charge in [0.25, 0.3) is 0 Å². The molecule has 15 heavy (non-hydrogen) atoms. The van der Waals surface area contributed by atoms with E-state index in [2.05, 4.69) is 34.9 Å². The molecule has 0 atom stereocenters. The van der Waals surface area contributed by atoms with E-state index in [1.807, 2.05) is 59.6 Å². The fraction of sp³-hybridized carbons (Fsp3) is 1.00. The van der Waals surface area contributed by atoms with E-state index in [1.54, 1.807) is 0 Å². The average molecular weight is 307 g/mol. The molecule has 0 aromatic carbocycles. The van der Waals surface area contributed by atoms with Crippen LogP contribution >= 0.6 is 21.2 Å². The summed E-state index contributed by atoms with van der Waals surface area (Å²) >= 11 is 2.18. The monoisotopic (exact) mass is 309 g/mol. The Balaban J connectivity index is 3.77. The summed E-state index contributed by atoms with van der Waals surface area (Å²) in [6.07, 6.45) is 3.04. The fourth-order valence-electron chi connectivity index (χ4n) is 0.720. The molecule has 0 N–H and O–H groups in total. The molecule has 0 saturated heterocycles. The van der Waals surface area contributed by atoms with Crippen LogP contribution in [0.5, 0.6) is 0 Å². The molecule has 0 fully saturated rings. The van der Waals surface area contributed by atoms with E-state index in [0.717, 1.165) is 6.32 Å². The predicted molar refractivity (Wildman–Crippen MR) is 95.2 cm³/mol. The van der Waals surface area contributed by atoms with Crippen LogP contribution in [0.2, 0.25) is 6.32 Å². The molecule has 0 unspecified atom stereocenters. The van der Waals surface area contributed by atoms with Gasteiger partial charge in [-0.25, -0.2) is 0 Å². The van der Waals surface area contributed by atoms with Crippen molar-refractivity contribution >= 4 is 101 Å². The van der Waals surface area contributed by atoms with Gasteiger partial charge in [-0.2, -0.15) is 0 Å². The van der Waals surface area contributed by atoms with Crippen LogP contribution in [-0.4, -0.2) is 73.0 Å². The van der Waals surface area contributed by atoms with Crippen molar-refractivity contribution in [3.63, 3.8) is 0 Å². The molecule has 0 saturated carbocycles. The Hall–Kier alpha value is 1.79. The number of halogens is 1. The molecule has 0 spiro atoms. The molecule has 0 radical (unpaired) electrons. The molecule has 60 valence electrons. The zero-order chi connectivity index (χ0) is 11.4. The van der Waals surface area contributed by atoms with E-state index < -0.39 is 0 Å². The fourth-order valence-corrected chi connectivity index (χ4v) is 1.47. The van der Waals surface area contributed by atoms with E-state index in [9.17, 15) is 0 Å². The van der Waals surface area contributed by atoms with Crippen LogP contribution in [0.15, 0.2) is 0 Å². The summed E-state index contributed by atoms with van der Waals surface area (Å²) in [5.74, 6) is 0. The SMILES string of the molecule is B#[S-](I)B=BB=BB=BB=BB=BCC. The molecular formula is C2H5B11IS-. The van der Waals surface area contributed by atoms with Gasteiger partial charge in [-0.3, -0.25) is 0 Å². The first-order chi connectivity index (χ1) is 7.27. The third-order valence-corrected chi connectivity index (χ3v) is 2.66. The topological polar surface area (TPSA) is 0 Å². The van der Waals surface area contributed by atoms with Gasteiger partial charge in [-0.05, 0) is 0 Å². The zero-order valence-electron chi connectivity index (χ0n) is 8.84. The van der Waals surface area contributed by atoms with Crippen molar-refractivity contribution in [2.45, 2.75) is 13.2 Å². The molecule has 0 aromatic heterocycles. The van der Waals surface area contributed by atoms with Gasteiger partial charge >= 0.3 is 115 Å². The van der Waals surface area contributed by atoms with Crippen molar-refractivity contribution in [2.75, 3.05) is 0 Å². The number of hydrogen-bond donors (Lipinski definition) is 0. The van der Waals surface area contributed by atoms with Crippen LogP contribution in [0.4, 0.5) is 0 Å². The molecule has 13 heteroatoms. The molecule has 0 heterocycles. The summed E-state index contributed by atoms with van der Waals surface area (Å²) in [5, 5.41) is 0. The van der Waals surface area contributed by atoms with E-state index >= 15 is 0 Å². The van der Waals surface area contributed by atoms with Crippen LogP contribution in [0.1, 0.15) is 6.92 Å². The van der Waals surface area contributed by atoms with Gasteiger partial charge in [0.05, 0.1) is 0 Å². The van der Waals surface area contributed by atoms with E-state index in [-0.39, 0.29) is 7.15 Å². The van der Waals surface area contributed by atoms with E-state index in [0.29, 0.717) is 0 Å². The summed E-state index contributed by atoms with van der Waals surface area (Å²) < 4.78 is 0. The van der Waals surface area contributed by atoms with Crippen LogP contribution in [0.3, 0.4) is 0 Å². The molecule has 0 amide bonds. The van der Waals surface area contributed by atoms with Crippen LogP contribution < -0.4 is 0 Å². The molecule has 0 nitrogen and oxygen atoms in total. The predicted octanol–water partition coefficient (Wildman–Crippen LogP) is -2.33. The van der Waals surface area contributed by atoms with Gasteiger partial charge in [0.15, 0.2) is 0 Å². The molecule has 0 aromatic rings. The van der Waals surface area contributed by atoms with Crippen LogP contribution in [-0.2, 0) is 7.15 Å². The Morgan fingerprint density at radius 1 is 0.933 bits per heavy atom. The van der Waals surface area contributed by atoms with Gasteiger partial charge in [-0.1, -0.05) is 0 Å². The van der Waals surface area contributed by atoms with Crippen molar-refractivity contribution in [1.82, 2.24) is 0 Å². The van der Waals surface area contributed by atoms with Crippen molar-refractivity contribution in [3.8, 4) is 0 Å². The summed E-state index contributed by atoms with van der Waals surface area (Å²) in [5.41, 5.74) is 0. The molecule has 0 aliphatic rings. The van der Waals surface area contributed by atoms with Gasteiger partial charge < -0.3 is 0 Å². The zero-order valence-corrected chi connectivity index (χ0v) is 11.8. The minimum absolute atomic E-state index is 0.137. The summed E-state index contributed by atoms with van der Waals surface area (Å²) in [6, 6.07) is 0. The first-order valence-electron chi connectivity index (χ1n) is 4.74. The van der Waals surface area contributed by atoms with Gasteiger partial charge in [-0.15, -0.1) is 0 Å². The Labute approximate surface area is 114 Å². The number of hydrogen-bond acceptors (Lipinski definition) is 1. The normalized spacial score (nSPS) is 8.60. The molecule has 0 bridgehead atoms. The quantitative estimate of drug-likeness (QED) is 0.304. The molecule has 0 aliphatic carbocycles. The second-order valence-electron chi connectivity index (χ2n) is 2.63. The Morgan fingerprint density at radius 2 is 1.40 bits per heavy atom. The van der Waals surface area contributed by atoms with Gasteiger partial charge in [0.2, 0.25) is 0 Å². The third kappa shape index (κ3) is 15.8. The third-order valence-electron chi connectivity index (χ3n) is 1.36. The second kappa shape index (κ2) is 13.9. The van der Waals surface area contributed by atoms with E-state index in [1.165, 1.54) is 0 Å². The van der Waals surface area contributed by atoms with Crippen molar-refractivity contribution in [1.29, 1.82) is 0 Å². The van der Waals surface area contributed by atoms with Crippen molar-refractivity contribution in [2.24, 2.45) is 0 Å². The van der Waals surface area contributed by atoms with E-state index in [4.69, 9.17) is 6.53 Å². The summed E-state index contributed by atoms with van der Waals surface area (Å²) in [4.78, 5) is 0. The minimum atomic E-state index is -0.137. The Morgan fingerprint density at radius 3 is 1.87 bits per heavy atom. The van der Waals surface area contributed by atoms with Crippen molar-refractivity contribution < 1.29 is 0 Å². The average Bonchev–Trinajstić information content (AvgIpc) is 2.20. The molecule has 0 rings (SSSR count). The Bertz CT molecular complexity index is 357. The van der Waals surface area contributed by atoms with Crippen LogP contribution in [0, 0.1) is 0 Å².